The van der Waals surface area contributed by atoms with Crippen molar-refractivity contribution in [1.29, 1.82) is 0 Å². The van der Waals surface area contributed by atoms with E-state index in [0.29, 0.717) is 24.5 Å². The van der Waals surface area contributed by atoms with Crippen LogP contribution in [0, 0.1) is 0 Å². The maximum Gasteiger partial charge on any atom is 0.240 e. The van der Waals surface area contributed by atoms with Crippen molar-refractivity contribution >= 4 is 27.3 Å². The summed E-state index contributed by atoms with van der Waals surface area (Å²) < 4.78 is 30.4. The van der Waals surface area contributed by atoms with Crippen LogP contribution < -0.4 is 9.62 Å². The molecule has 0 aliphatic carbocycles. The highest BCUT2D eigenvalue weighted by Crippen LogP contribution is 2.31. The molecular formula is C21H23ClN4O2S. The largest absolute Gasteiger partial charge is 0.365 e. The lowest BCUT2D eigenvalue weighted by Crippen LogP contribution is -2.48. The normalized spacial score (nSPS) is 16.6. The van der Waals surface area contributed by atoms with Crippen molar-refractivity contribution in [3.8, 4) is 0 Å². The average Bonchev–Trinajstić information content (AvgIpc) is 3.15. The summed E-state index contributed by atoms with van der Waals surface area (Å²) in [6.07, 6.45) is 4.47. The predicted octanol–water partition coefficient (Wildman–Crippen LogP) is 3.47. The number of nitrogens with one attached hydrogen (secondary N) is 1. The fraction of sp³-hybridized carbons (Fsp3) is 0.286. The summed E-state index contributed by atoms with van der Waals surface area (Å²) in [4.78, 5) is 2.46. The lowest BCUT2D eigenvalue weighted by Gasteiger charge is -2.36. The van der Waals surface area contributed by atoms with Gasteiger partial charge in [0, 0.05) is 48.1 Å². The number of fused-ring (bicyclic) bond motifs is 1. The molecule has 8 heteroatoms. The topological polar surface area (TPSA) is 67.2 Å². The van der Waals surface area contributed by atoms with E-state index in [0.717, 1.165) is 23.4 Å². The average molecular weight is 431 g/mol. The Morgan fingerprint density at radius 1 is 1.21 bits per heavy atom. The van der Waals surface area contributed by atoms with Gasteiger partial charge < -0.3 is 4.90 Å². The number of anilines is 1. The molecule has 1 atom stereocenters. The van der Waals surface area contributed by atoms with Crippen LogP contribution in [0.4, 0.5) is 5.69 Å². The van der Waals surface area contributed by atoms with E-state index in [1.54, 1.807) is 30.3 Å². The Kier molecular flexibility index (Phi) is 5.63. The van der Waals surface area contributed by atoms with Crippen LogP contribution in [0.2, 0.25) is 5.02 Å². The van der Waals surface area contributed by atoms with E-state index in [1.807, 2.05) is 42.2 Å². The number of rotatable bonds is 6. The summed E-state index contributed by atoms with van der Waals surface area (Å²) in [7, 11) is -3.59. The molecule has 2 heterocycles. The van der Waals surface area contributed by atoms with Crippen LogP contribution in [0.15, 0.2) is 65.8 Å². The number of nitrogens with zero attached hydrogens (tertiary/aromatic N) is 3. The molecule has 3 aromatic rings. The molecule has 1 aromatic heterocycles. The van der Waals surface area contributed by atoms with Gasteiger partial charge in [0.1, 0.15) is 0 Å². The van der Waals surface area contributed by atoms with Crippen LogP contribution in [-0.4, -0.2) is 30.8 Å². The van der Waals surface area contributed by atoms with Crippen molar-refractivity contribution in [2.75, 3.05) is 11.4 Å². The lowest BCUT2D eigenvalue weighted by atomic mass is 9.98. The lowest BCUT2D eigenvalue weighted by molar-refractivity contribution is 0.524. The molecule has 1 unspecified atom stereocenters. The van der Waals surface area contributed by atoms with Gasteiger partial charge in [-0.25, -0.2) is 13.1 Å². The third-order valence-corrected chi connectivity index (χ3v) is 6.82. The van der Waals surface area contributed by atoms with Gasteiger partial charge in [-0.3, -0.25) is 4.68 Å². The molecule has 1 N–H and O–H groups in total. The Morgan fingerprint density at radius 3 is 2.72 bits per heavy atom. The third-order valence-electron chi connectivity index (χ3n) is 5.05. The van der Waals surface area contributed by atoms with Gasteiger partial charge in [-0.15, -0.1) is 0 Å². The summed E-state index contributed by atoms with van der Waals surface area (Å²) in [5.74, 6) is 0. The second-order valence-corrected chi connectivity index (χ2v) is 9.34. The third kappa shape index (κ3) is 4.47. The van der Waals surface area contributed by atoms with E-state index in [1.165, 1.54) is 0 Å². The Bertz CT molecular complexity index is 1100. The Balaban J connectivity index is 1.60. The zero-order valence-corrected chi connectivity index (χ0v) is 17.7. The predicted molar refractivity (Wildman–Crippen MR) is 115 cm³/mol. The number of halogens is 1. The van der Waals surface area contributed by atoms with Crippen LogP contribution in [0.25, 0.3) is 0 Å². The molecule has 0 radical (unpaired) electrons. The molecule has 2 aromatic carbocycles. The highest BCUT2D eigenvalue weighted by atomic mass is 35.5. The fourth-order valence-corrected chi connectivity index (χ4v) is 5.16. The molecule has 0 saturated heterocycles. The van der Waals surface area contributed by atoms with Gasteiger partial charge in [-0.2, -0.15) is 5.10 Å². The van der Waals surface area contributed by atoms with Crippen LogP contribution in [0.1, 0.15) is 18.1 Å². The van der Waals surface area contributed by atoms with Gasteiger partial charge in [-0.1, -0.05) is 29.8 Å². The first kappa shape index (κ1) is 19.9. The SMILES string of the molecule is CCn1cc(CN2CC(NS(=O)(=O)c3ccccc3)Cc3cc(Cl)ccc32)cn1. The van der Waals surface area contributed by atoms with E-state index in [2.05, 4.69) is 14.7 Å². The molecule has 0 fully saturated rings. The second kappa shape index (κ2) is 8.18. The first-order valence-corrected chi connectivity index (χ1v) is 11.4. The smallest absolute Gasteiger partial charge is 0.240 e. The fourth-order valence-electron chi connectivity index (χ4n) is 3.72. The van der Waals surface area contributed by atoms with Crippen LogP contribution in [0.3, 0.4) is 0 Å². The number of aromatic nitrogens is 2. The Labute approximate surface area is 176 Å². The summed E-state index contributed by atoms with van der Waals surface area (Å²) in [5, 5.41) is 4.99. The van der Waals surface area contributed by atoms with Gasteiger partial charge in [0.2, 0.25) is 10.0 Å². The highest BCUT2D eigenvalue weighted by Gasteiger charge is 2.28. The molecule has 1 aliphatic rings. The van der Waals surface area contributed by atoms with E-state index in [9.17, 15) is 8.42 Å². The molecular weight excluding hydrogens is 408 g/mol. The molecule has 0 bridgehead atoms. The molecule has 0 spiro atoms. The Morgan fingerprint density at radius 2 is 2.00 bits per heavy atom. The summed E-state index contributed by atoms with van der Waals surface area (Å²) in [6.45, 7) is 4.07. The minimum absolute atomic E-state index is 0.257. The number of benzene rings is 2. The van der Waals surface area contributed by atoms with Crippen molar-refractivity contribution in [2.24, 2.45) is 0 Å². The number of hydrogen-bond donors (Lipinski definition) is 1. The number of sulfonamides is 1. The van der Waals surface area contributed by atoms with Gasteiger partial charge in [0.25, 0.3) is 0 Å². The maximum absolute atomic E-state index is 12.8. The van der Waals surface area contributed by atoms with Crippen molar-refractivity contribution in [2.45, 2.75) is 37.4 Å². The standard InChI is InChI=1S/C21H23ClN4O2S/c1-2-26-14-16(12-23-26)13-25-15-19(11-17-10-18(22)8-9-21(17)25)24-29(27,28)20-6-4-3-5-7-20/h3-10,12,14,19,24H,2,11,13,15H2,1H3. The van der Waals surface area contributed by atoms with Crippen molar-refractivity contribution in [3.05, 3.63) is 77.1 Å². The summed E-state index contributed by atoms with van der Waals surface area (Å²) >= 11 is 6.21. The molecule has 0 amide bonds. The molecule has 152 valence electrons. The van der Waals surface area contributed by atoms with Gasteiger partial charge in [0.15, 0.2) is 0 Å². The van der Waals surface area contributed by atoms with E-state index in [-0.39, 0.29) is 10.9 Å². The molecule has 0 saturated carbocycles. The van der Waals surface area contributed by atoms with E-state index < -0.39 is 10.0 Å². The number of aryl methyl sites for hydroxylation is 1. The molecule has 1 aliphatic heterocycles. The molecule has 4 rings (SSSR count). The molecule has 6 nitrogen and oxygen atoms in total. The Hall–Kier alpha value is -2.35. The minimum atomic E-state index is -3.59. The maximum atomic E-state index is 12.8. The van der Waals surface area contributed by atoms with Crippen LogP contribution >= 0.6 is 11.6 Å². The quantitative estimate of drug-likeness (QED) is 0.650. The zero-order valence-electron chi connectivity index (χ0n) is 16.1. The van der Waals surface area contributed by atoms with E-state index >= 15 is 0 Å². The van der Waals surface area contributed by atoms with Gasteiger partial charge >= 0.3 is 0 Å². The van der Waals surface area contributed by atoms with Gasteiger partial charge in [-0.05, 0) is 49.2 Å². The van der Waals surface area contributed by atoms with E-state index in [4.69, 9.17) is 11.6 Å². The second-order valence-electron chi connectivity index (χ2n) is 7.19. The van der Waals surface area contributed by atoms with Crippen LogP contribution in [0.5, 0.6) is 0 Å². The summed E-state index contributed by atoms with van der Waals surface area (Å²) in [6, 6.07) is 14.0. The van der Waals surface area contributed by atoms with Crippen LogP contribution in [-0.2, 0) is 29.5 Å². The summed E-state index contributed by atoms with van der Waals surface area (Å²) in [5.41, 5.74) is 3.19. The van der Waals surface area contributed by atoms with Crippen molar-refractivity contribution in [1.82, 2.24) is 14.5 Å². The highest BCUT2D eigenvalue weighted by molar-refractivity contribution is 7.89. The number of hydrogen-bond acceptors (Lipinski definition) is 4. The molecule has 29 heavy (non-hydrogen) atoms. The van der Waals surface area contributed by atoms with Gasteiger partial charge in [0.05, 0.1) is 11.1 Å². The van der Waals surface area contributed by atoms with Crippen molar-refractivity contribution < 1.29 is 8.42 Å². The first-order chi connectivity index (χ1) is 13.9. The minimum Gasteiger partial charge on any atom is -0.365 e. The van der Waals surface area contributed by atoms with Crippen molar-refractivity contribution in [3.63, 3.8) is 0 Å². The zero-order chi connectivity index (χ0) is 20.4. The monoisotopic (exact) mass is 430 g/mol. The first-order valence-electron chi connectivity index (χ1n) is 9.56.